The van der Waals surface area contributed by atoms with Crippen molar-refractivity contribution in [2.75, 3.05) is 0 Å². The standard InChI is InChI=1S/C4H7N3O/c5-7-3-1-2-6-4-8/h1-4H,5H2,(H,6,8). The fourth-order valence-electron chi connectivity index (χ4n) is 0.188. The SMILES string of the molecule is NN=CC=CNC=O. The van der Waals surface area contributed by atoms with E-state index in [4.69, 9.17) is 5.84 Å². The van der Waals surface area contributed by atoms with Gasteiger partial charge < -0.3 is 11.2 Å². The van der Waals surface area contributed by atoms with E-state index in [1.807, 2.05) is 0 Å². The van der Waals surface area contributed by atoms with E-state index < -0.39 is 0 Å². The van der Waals surface area contributed by atoms with E-state index in [9.17, 15) is 4.79 Å². The molecular weight excluding hydrogens is 106 g/mol. The van der Waals surface area contributed by atoms with Crippen molar-refractivity contribution in [1.82, 2.24) is 5.32 Å². The quantitative estimate of drug-likeness (QED) is 0.217. The summed E-state index contributed by atoms with van der Waals surface area (Å²) in [6, 6.07) is 0. The number of hydrazone groups is 1. The molecule has 8 heavy (non-hydrogen) atoms. The van der Waals surface area contributed by atoms with E-state index >= 15 is 0 Å². The third-order valence-corrected chi connectivity index (χ3v) is 0.433. The number of hydrogen-bond donors (Lipinski definition) is 2. The average molecular weight is 113 g/mol. The van der Waals surface area contributed by atoms with E-state index in [-0.39, 0.29) is 0 Å². The number of carbonyl (C=O) groups excluding carboxylic acids is 1. The summed E-state index contributed by atoms with van der Waals surface area (Å²) in [6.07, 6.45) is 4.84. The van der Waals surface area contributed by atoms with Crippen LogP contribution in [0.3, 0.4) is 0 Å². The van der Waals surface area contributed by atoms with Crippen LogP contribution < -0.4 is 11.2 Å². The van der Waals surface area contributed by atoms with Crippen LogP contribution in [0.2, 0.25) is 0 Å². The Kier molecular flexibility index (Phi) is 4.74. The Morgan fingerprint density at radius 2 is 2.38 bits per heavy atom. The smallest absolute Gasteiger partial charge is 0.211 e. The van der Waals surface area contributed by atoms with Gasteiger partial charge in [-0.3, -0.25) is 4.79 Å². The highest BCUT2D eigenvalue weighted by molar-refractivity contribution is 5.71. The Bertz CT molecular complexity index is 108. The second kappa shape index (κ2) is 5.68. The molecule has 1 amide bonds. The Morgan fingerprint density at radius 1 is 1.62 bits per heavy atom. The zero-order valence-electron chi connectivity index (χ0n) is 4.24. The highest BCUT2D eigenvalue weighted by Gasteiger charge is 1.61. The lowest BCUT2D eigenvalue weighted by Crippen LogP contribution is -1.98. The van der Waals surface area contributed by atoms with Gasteiger partial charge in [0.2, 0.25) is 6.41 Å². The Hall–Kier alpha value is -1.32. The largest absolute Gasteiger partial charge is 0.335 e. The van der Waals surface area contributed by atoms with Crippen molar-refractivity contribution in [3.63, 3.8) is 0 Å². The Morgan fingerprint density at radius 3 is 2.88 bits per heavy atom. The number of carbonyl (C=O) groups is 1. The van der Waals surface area contributed by atoms with Crippen LogP contribution in [0.1, 0.15) is 0 Å². The van der Waals surface area contributed by atoms with Crippen molar-refractivity contribution in [2.45, 2.75) is 0 Å². The molecule has 0 atom stereocenters. The molecule has 0 aliphatic rings. The molecule has 0 aromatic rings. The predicted octanol–water partition coefficient (Wildman–Crippen LogP) is -0.809. The molecule has 0 rings (SSSR count). The van der Waals surface area contributed by atoms with Crippen LogP contribution in [-0.2, 0) is 4.79 Å². The number of amides is 1. The highest BCUT2D eigenvalue weighted by Crippen LogP contribution is 1.56. The van der Waals surface area contributed by atoms with Crippen molar-refractivity contribution >= 4 is 12.6 Å². The molecule has 0 heterocycles. The molecule has 0 radical (unpaired) electrons. The van der Waals surface area contributed by atoms with Gasteiger partial charge in [0.1, 0.15) is 0 Å². The predicted molar refractivity (Wildman–Crippen MR) is 31.0 cm³/mol. The number of rotatable bonds is 3. The first-order valence-corrected chi connectivity index (χ1v) is 2.00. The van der Waals surface area contributed by atoms with E-state index in [1.54, 1.807) is 0 Å². The molecule has 0 fully saturated rings. The molecule has 0 spiro atoms. The molecule has 4 heteroatoms. The van der Waals surface area contributed by atoms with Crippen LogP contribution in [0.5, 0.6) is 0 Å². The van der Waals surface area contributed by atoms with Gasteiger partial charge in [-0.1, -0.05) is 0 Å². The number of nitrogens with zero attached hydrogens (tertiary/aromatic N) is 1. The maximum Gasteiger partial charge on any atom is 0.211 e. The molecular formula is C4H7N3O. The van der Waals surface area contributed by atoms with Crippen molar-refractivity contribution in [3.05, 3.63) is 12.3 Å². The van der Waals surface area contributed by atoms with Gasteiger partial charge >= 0.3 is 0 Å². The minimum absolute atomic E-state index is 0.556. The number of hydrogen-bond acceptors (Lipinski definition) is 3. The lowest BCUT2D eigenvalue weighted by Gasteiger charge is -1.76. The first-order chi connectivity index (χ1) is 3.91. The molecule has 0 bridgehead atoms. The average Bonchev–Trinajstić information content (AvgIpc) is 1.81. The summed E-state index contributed by atoms with van der Waals surface area (Å²) in [7, 11) is 0. The number of nitrogens with one attached hydrogen (secondary N) is 1. The van der Waals surface area contributed by atoms with Gasteiger partial charge in [-0.15, -0.1) is 0 Å². The maximum atomic E-state index is 9.53. The zero-order valence-corrected chi connectivity index (χ0v) is 4.24. The summed E-state index contributed by atoms with van der Waals surface area (Å²) in [5.41, 5.74) is 0. The van der Waals surface area contributed by atoms with Crippen molar-refractivity contribution in [1.29, 1.82) is 0 Å². The second-order valence-electron chi connectivity index (χ2n) is 0.942. The molecule has 0 saturated heterocycles. The summed E-state index contributed by atoms with van der Waals surface area (Å²) in [6.45, 7) is 0. The van der Waals surface area contributed by atoms with Crippen LogP contribution in [0, 0.1) is 0 Å². The Balaban J connectivity index is 3.19. The van der Waals surface area contributed by atoms with Crippen LogP contribution >= 0.6 is 0 Å². The monoisotopic (exact) mass is 113 g/mol. The summed E-state index contributed by atoms with van der Waals surface area (Å²) in [5, 5.41) is 5.41. The van der Waals surface area contributed by atoms with E-state index in [2.05, 4.69) is 10.4 Å². The van der Waals surface area contributed by atoms with Crippen LogP contribution in [0.4, 0.5) is 0 Å². The molecule has 0 aromatic heterocycles. The maximum absolute atomic E-state index is 9.53. The normalized spacial score (nSPS) is 10.5. The van der Waals surface area contributed by atoms with Gasteiger partial charge in [0, 0.05) is 12.4 Å². The summed E-state index contributed by atoms with van der Waals surface area (Å²) in [5.74, 6) is 4.71. The van der Waals surface area contributed by atoms with Crippen LogP contribution in [0.25, 0.3) is 0 Å². The van der Waals surface area contributed by atoms with Gasteiger partial charge in [-0.05, 0) is 6.08 Å². The Labute approximate surface area is 47.1 Å². The summed E-state index contributed by atoms with van der Waals surface area (Å²) >= 11 is 0. The lowest BCUT2D eigenvalue weighted by molar-refractivity contribution is -0.108. The van der Waals surface area contributed by atoms with Crippen molar-refractivity contribution in [3.8, 4) is 0 Å². The molecule has 0 aliphatic heterocycles. The highest BCUT2D eigenvalue weighted by atomic mass is 16.1. The van der Waals surface area contributed by atoms with Crippen LogP contribution in [0.15, 0.2) is 17.4 Å². The molecule has 0 unspecified atom stereocenters. The fraction of sp³-hybridized carbons (Fsp3) is 0. The second-order valence-corrected chi connectivity index (χ2v) is 0.942. The topological polar surface area (TPSA) is 67.5 Å². The molecule has 3 N–H and O–H groups in total. The number of allylic oxidation sites excluding steroid dienone is 1. The zero-order chi connectivity index (χ0) is 6.24. The molecule has 0 aliphatic carbocycles. The third-order valence-electron chi connectivity index (χ3n) is 0.433. The van der Waals surface area contributed by atoms with Gasteiger partial charge in [-0.25, -0.2) is 0 Å². The molecule has 0 saturated carbocycles. The van der Waals surface area contributed by atoms with E-state index in [0.717, 1.165) is 0 Å². The van der Waals surface area contributed by atoms with Crippen molar-refractivity contribution < 1.29 is 4.79 Å². The van der Waals surface area contributed by atoms with Gasteiger partial charge in [0.05, 0.1) is 0 Å². The van der Waals surface area contributed by atoms with Gasteiger partial charge in [-0.2, -0.15) is 5.10 Å². The van der Waals surface area contributed by atoms with Crippen molar-refractivity contribution in [2.24, 2.45) is 10.9 Å². The number of nitrogens with two attached hydrogens (primary N) is 1. The summed E-state index contributed by atoms with van der Waals surface area (Å²) < 4.78 is 0. The first kappa shape index (κ1) is 6.68. The van der Waals surface area contributed by atoms with Crippen LogP contribution in [-0.4, -0.2) is 12.6 Å². The fourth-order valence-corrected chi connectivity index (χ4v) is 0.188. The minimum atomic E-state index is 0.556. The van der Waals surface area contributed by atoms with Gasteiger partial charge in [0.15, 0.2) is 0 Å². The summed E-state index contributed by atoms with van der Waals surface area (Å²) in [4.78, 5) is 9.53. The van der Waals surface area contributed by atoms with E-state index in [0.29, 0.717) is 6.41 Å². The van der Waals surface area contributed by atoms with Gasteiger partial charge in [0.25, 0.3) is 0 Å². The molecule has 44 valence electrons. The minimum Gasteiger partial charge on any atom is -0.335 e. The lowest BCUT2D eigenvalue weighted by atomic mass is 10.7. The third kappa shape index (κ3) is 4.68. The molecule has 4 nitrogen and oxygen atoms in total. The first-order valence-electron chi connectivity index (χ1n) is 2.00. The van der Waals surface area contributed by atoms with E-state index in [1.165, 1.54) is 18.5 Å². The molecule has 0 aromatic carbocycles.